The van der Waals surface area contributed by atoms with Gasteiger partial charge in [0, 0.05) is 12.6 Å². The number of hydrogen-bond acceptors (Lipinski definition) is 2. The standard InChI is InChI=1S/C17H17F2NO.C6H12/c1-21-14-5-2-11(3-6-14)17-9-13(10-20-17)12-4-7-15(18)16(19)8-12;1-3-6(2)4-5-6/h2-8,13,17,20H,9-10H2,1H3;3-5H2,1-2H3. The largest absolute Gasteiger partial charge is 0.497 e. The highest BCUT2D eigenvalue weighted by Gasteiger charge is 2.34. The van der Waals surface area contributed by atoms with Crippen molar-refractivity contribution >= 4 is 0 Å². The summed E-state index contributed by atoms with van der Waals surface area (Å²) in [5.74, 6) is -0.544. The lowest BCUT2D eigenvalue weighted by Crippen LogP contribution is -2.13. The monoisotopic (exact) mass is 373 g/mol. The van der Waals surface area contributed by atoms with Crippen LogP contribution in [-0.2, 0) is 0 Å². The molecule has 1 aliphatic carbocycles. The third-order valence-corrected chi connectivity index (χ3v) is 6.02. The van der Waals surface area contributed by atoms with E-state index in [1.165, 1.54) is 37.0 Å². The predicted octanol–water partition coefficient (Wildman–Crippen LogP) is 5.99. The summed E-state index contributed by atoms with van der Waals surface area (Å²) < 4.78 is 31.5. The Morgan fingerprint density at radius 2 is 1.70 bits per heavy atom. The van der Waals surface area contributed by atoms with Gasteiger partial charge in [0.1, 0.15) is 5.75 Å². The van der Waals surface area contributed by atoms with Crippen molar-refractivity contribution in [2.24, 2.45) is 5.41 Å². The fourth-order valence-electron chi connectivity index (χ4n) is 3.41. The molecule has 4 rings (SSSR count). The van der Waals surface area contributed by atoms with Crippen LogP contribution in [0.4, 0.5) is 8.78 Å². The summed E-state index contributed by atoms with van der Waals surface area (Å²) in [6, 6.07) is 12.3. The summed E-state index contributed by atoms with van der Waals surface area (Å²) in [5, 5.41) is 3.44. The molecule has 2 nitrogen and oxygen atoms in total. The number of rotatable bonds is 4. The van der Waals surface area contributed by atoms with E-state index >= 15 is 0 Å². The molecule has 0 radical (unpaired) electrons. The molecule has 2 aromatic rings. The minimum atomic E-state index is -0.795. The smallest absolute Gasteiger partial charge is 0.159 e. The fraction of sp³-hybridized carbons (Fsp3) is 0.478. The number of halogens is 2. The van der Waals surface area contributed by atoms with Crippen molar-refractivity contribution in [2.45, 2.75) is 51.5 Å². The molecule has 1 saturated heterocycles. The molecular formula is C23H29F2NO. The maximum Gasteiger partial charge on any atom is 0.159 e. The molecule has 1 aliphatic heterocycles. The molecule has 146 valence electrons. The zero-order chi connectivity index (χ0) is 19.4. The third kappa shape index (κ3) is 5.07. The summed E-state index contributed by atoms with van der Waals surface area (Å²) in [6.07, 6.45) is 5.21. The van der Waals surface area contributed by atoms with E-state index in [1.807, 2.05) is 24.3 Å². The molecule has 27 heavy (non-hydrogen) atoms. The minimum absolute atomic E-state index is 0.201. The molecular weight excluding hydrogens is 344 g/mol. The molecule has 2 fully saturated rings. The van der Waals surface area contributed by atoms with Crippen LogP contribution in [0.1, 0.15) is 62.6 Å². The molecule has 2 aliphatic rings. The third-order valence-electron chi connectivity index (χ3n) is 6.02. The number of hydrogen-bond donors (Lipinski definition) is 1. The van der Waals surface area contributed by atoms with Gasteiger partial charge in [-0.05, 0) is 66.0 Å². The van der Waals surface area contributed by atoms with Gasteiger partial charge in [-0.3, -0.25) is 0 Å². The van der Waals surface area contributed by atoms with Crippen molar-refractivity contribution in [3.63, 3.8) is 0 Å². The Hall–Kier alpha value is -1.94. The lowest BCUT2D eigenvalue weighted by molar-refractivity contribution is 0.414. The predicted molar refractivity (Wildman–Crippen MR) is 105 cm³/mol. The second kappa shape index (κ2) is 8.39. The molecule has 2 unspecified atom stereocenters. The molecule has 4 heteroatoms. The molecule has 0 aromatic heterocycles. The van der Waals surface area contributed by atoms with Gasteiger partial charge in [0.25, 0.3) is 0 Å². The Kier molecular flexibility index (Phi) is 6.15. The first-order valence-corrected chi connectivity index (χ1v) is 9.76. The average molecular weight is 373 g/mol. The minimum Gasteiger partial charge on any atom is -0.497 e. The van der Waals surface area contributed by atoms with E-state index in [-0.39, 0.29) is 12.0 Å². The Bertz CT molecular complexity index is 755. The van der Waals surface area contributed by atoms with Crippen molar-refractivity contribution in [3.05, 3.63) is 65.2 Å². The van der Waals surface area contributed by atoms with Crippen LogP contribution in [0.3, 0.4) is 0 Å². The molecule has 2 atom stereocenters. The Morgan fingerprint density at radius 3 is 2.22 bits per heavy atom. The van der Waals surface area contributed by atoms with Crippen LogP contribution in [0.5, 0.6) is 5.75 Å². The second-order valence-corrected chi connectivity index (χ2v) is 8.00. The van der Waals surface area contributed by atoms with Crippen LogP contribution < -0.4 is 10.1 Å². The zero-order valence-electron chi connectivity index (χ0n) is 16.4. The van der Waals surface area contributed by atoms with Crippen LogP contribution in [0.25, 0.3) is 0 Å². The van der Waals surface area contributed by atoms with Crippen molar-refractivity contribution in [1.29, 1.82) is 0 Å². The van der Waals surface area contributed by atoms with Gasteiger partial charge in [0.15, 0.2) is 11.6 Å². The Morgan fingerprint density at radius 1 is 1.04 bits per heavy atom. The highest BCUT2D eigenvalue weighted by molar-refractivity contribution is 5.31. The van der Waals surface area contributed by atoms with Crippen LogP contribution in [-0.4, -0.2) is 13.7 Å². The van der Waals surface area contributed by atoms with Crippen molar-refractivity contribution < 1.29 is 13.5 Å². The maximum atomic E-state index is 13.3. The van der Waals surface area contributed by atoms with Crippen molar-refractivity contribution in [1.82, 2.24) is 5.32 Å². The van der Waals surface area contributed by atoms with E-state index in [1.54, 1.807) is 13.2 Å². The molecule has 2 aromatic carbocycles. The molecule has 0 spiro atoms. The van der Waals surface area contributed by atoms with E-state index in [0.29, 0.717) is 0 Å². The van der Waals surface area contributed by atoms with Crippen molar-refractivity contribution in [3.8, 4) is 5.75 Å². The van der Waals surface area contributed by atoms with E-state index < -0.39 is 11.6 Å². The summed E-state index contributed by atoms with van der Waals surface area (Å²) in [7, 11) is 1.64. The highest BCUT2D eigenvalue weighted by atomic mass is 19.2. The summed E-state index contributed by atoms with van der Waals surface area (Å²) in [6.45, 7) is 5.39. The van der Waals surface area contributed by atoms with Gasteiger partial charge in [-0.2, -0.15) is 0 Å². The first-order chi connectivity index (χ1) is 12.9. The molecule has 0 bridgehead atoms. The normalized spacial score (nSPS) is 22.7. The second-order valence-electron chi connectivity index (χ2n) is 8.00. The van der Waals surface area contributed by atoms with Gasteiger partial charge in [-0.15, -0.1) is 0 Å². The van der Waals surface area contributed by atoms with Crippen LogP contribution >= 0.6 is 0 Å². The van der Waals surface area contributed by atoms with Gasteiger partial charge in [-0.25, -0.2) is 8.78 Å². The van der Waals surface area contributed by atoms with Crippen LogP contribution in [0.15, 0.2) is 42.5 Å². The van der Waals surface area contributed by atoms with E-state index in [9.17, 15) is 8.78 Å². The zero-order valence-corrected chi connectivity index (χ0v) is 16.4. The number of methoxy groups -OCH3 is 1. The quantitative estimate of drug-likeness (QED) is 0.711. The topological polar surface area (TPSA) is 21.3 Å². The van der Waals surface area contributed by atoms with Crippen LogP contribution in [0, 0.1) is 17.0 Å². The Labute approximate surface area is 160 Å². The van der Waals surface area contributed by atoms with Gasteiger partial charge >= 0.3 is 0 Å². The van der Waals surface area contributed by atoms with E-state index in [2.05, 4.69) is 19.2 Å². The number of ether oxygens (including phenoxy) is 1. The van der Waals surface area contributed by atoms with E-state index in [4.69, 9.17) is 4.74 Å². The lowest BCUT2D eigenvalue weighted by Gasteiger charge is -2.12. The van der Waals surface area contributed by atoms with Crippen LogP contribution in [0.2, 0.25) is 0 Å². The first kappa shape index (κ1) is 19.8. The maximum absolute atomic E-state index is 13.3. The van der Waals surface area contributed by atoms with Gasteiger partial charge in [-0.1, -0.05) is 38.5 Å². The first-order valence-electron chi connectivity index (χ1n) is 9.76. The molecule has 1 N–H and O–H groups in total. The number of benzene rings is 2. The van der Waals surface area contributed by atoms with Gasteiger partial charge < -0.3 is 10.1 Å². The molecule has 0 amide bonds. The molecule has 1 heterocycles. The fourth-order valence-corrected chi connectivity index (χ4v) is 3.41. The average Bonchev–Trinajstić information content (AvgIpc) is 3.24. The number of nitrogens with one attached hydrogen (secondary N) is 1. The van der Waals surface area contributed by atoms with Gasteiger partial charge in [0.2, 0.25) is 0 Å². The SMILES string of the molecule is CCC1(C)CC1.COc1ccc(C2CC(c3ccc(F)c(F)c3)CN2)cc1. The summed E-state index contributed by atoms with van der Waals surface area (Å²) >= 11 is 0. The lowest BCUT2D eigenvalue weighted by atomic mass is 9.94. The molecule has 1 saturated carbocycles. The summed E-state index contributed by atoms with van der Waals surface area (Å²) in [5.41, 5.74) is 2.82. The highest BCUT2D eigenvalue weighted by Crippen LogP contribution is 2.47. The summed E-state index contributed by atoms with van der Waals surface area (Å²) in [4.78, 5) is 0. The van der Waals surface area contributed by atoms with Crippen molar-refractivity contribution in [2.75, 3.05) is 13.7 Å². The van der Waals surface area contributed by atoms with Gasteiger partial charge in [0.05, 0.1) is 7.11 Å². The Balaban J connectivity index is 0.000000299. The van der Waals surface area contributed by atoms with E-state index in [0.717, 1.165) is 29.7 Å².